The van der Waals surface area contributed by atoms with Crippen molar-refractivity contribution in [1.82, 2.24) is 10.2 Å². The summed E-state index contributed by atoms with van der Waals surface area (Å²) < 4.78 is 15.6. The van der Waals surface area contributed by atoms with Crippen LogP contribution in [0, 0.1) is 0 Å². The molecule has 3 N–H and O–H groups in total. The second kappa shape index (κ2) is 10.5. The fraction of sp³-hybridized carbons (Fsp3) is 0.550. The predicted molar refractivity (Wildman–Crippen MR) is 106 cm³/mol. The molecule has 0 aliphatic carbocycles. The largest absolute Gasteiger partial charge is 0.493 e. The van der Waals surface area contributed by atoms with Crippen LogP contribution in [0.5, 0.6) is 11.5 Å². The highest BCUT2D eigenvalue weighted by molar-refractivity contribution is 5.79. The summed E-state index contributed by atoms with van der Waals surface area (Å²) in [7, 11) is 4.45. The number of carbonyl (C=O) groups excluding carboxylic acids is 3. The first-order chi connectivity index (χ1) is 13.9. The SMILES string of the molecule is COC(=O)CC1c2cc(OC)c(OC)cc2CCN1C(=O)CCCCNC(N)=O. The van der Waals surface area contributed by atoms with Crippen molar-refractivity contribution in [3.05, 3.63) is 23.3 Å². The number of primary amides is 1. The molecule has 1 aromatic carbocycles. The summed E-state index contributed by atoms with van der Waals surface area (Å²) in [6, 6.07) is 2.72. The lowest BCUT2D eigenvalue weighted by molar-refractivity contribution is -0.144. The fourth-order valence-corrected chi connectivity index (χ4v) is 3.54. The van der Waals surface area contributed by atoms with Crippen molar-refractivity contribution in [2.24, 2.45) is 5.73 Å². The highest BCUT2D eigenvalue weighted by Crippen LogP contribution is 2.39. The average Bonchev–Trinajstić information content (AvgIpc) is 2.71. The van der Waals surface area contributed by atoms with E-state index in [9.17, 15) is 14.4 Å². The Morgan fingerprint density at radius 3 is 2.45 bits per heavy atom. The molecule has 0 aromatic heterocycles. The van der Waals surface area contributed by atoms with Gasteiger partial charge in [0.25, 0.3) is 0 Å². The van der Waals surface area contributed by atoms with Crippen LogP contribution in [0.2, 0.25) is 0 Å². The van der Waals surface area contributed by atoms with Crippen LogP contribution in [0.3, 0.4) is 0 Å². The van der Waals surface area contributed by atoms with E-state index in [1.807, 2.05) is 12.1 Å². The van der Waals surface area contributed by atoms with Crippen LogP contribution in [0.15, 0.2) is 12.1 Å². The maximum absolute atomic E-state index is 12.9. The second-order valence-corrected chi connectivity index (χ2v) is 6.79. The fourth-order valence-electron chi connectivity index (χ4n) is 3.54. The van der Waals surface area contributed by atoms with Gasteiger partial charge in [-0.1, -0.05) is 0 Å². The lowest BCUT2D eigenvalue weighted by Crippen LogP contribution is -2.41. The number of benzene rings is 1. The minimum atomic E-state index is -0.577. The normalized spacial score (nSPS) is 15.3. The number of esters is 1. The first-order valence-corrected chi connectivity index (χ1v) is 9.55. The highest BCUT2D eigenvalue weighted by Gasteiger charge is 2.33. The molecule has 1 aliphatic rings. The summed E-state index contributed by atoms with van der Waals surface area (Å²) in [4.78, 5) is 37.3. The Kier molecular flexibility index (Phi) is 8.11. The lowest BCUT2D eigenvalue weighted by Gasteiger charge is -2.37. The molecule has 29 heavy (non-hydrogen) atoms. The van der Waals surface area contributed by atoms with Crippen molar-refractivity contribution in [2.45, 2.75) is 38.1 Å². The van der Waals surface area contributed by atoms with Crippen molar-refractivity contribution < 1.29 is 28.6 Å². The van der Waals surface area contributed by atoms with E-state index in [0.717, 1.165) is 11.1 Å². The number of unbranched alkanes of at least 4 members (excludes halogenated alkanes) is 1. The van der Waals surface area contributed by atoms with E-state index >= 15 is 0 Å². The second-order valence-electron chi connectivity index (χ2n) is 6.79. The van der Waals surface area contributed by atoms with E-state index < -0.39 is 12.1 Å². The van der Waals surface area contributed by atoms with Gasteiger partial charge < -0.3 is 30.2 Å². The number of carbonyl (C=O) groups is 3. The molecule has 1 aliphatic heterocycles. The maximum Gasteiger partial charge on any atom is 0.312 e. The van der Waals surface area contributed by atoms with Gasteiger partial charge in [0.05, 0.1) is 33.8 Å². The smallest absolute Gasteiger partial charge is 0.312 e. The van der Waals surface area contributed by atoms with Gasteiger partial charge in [-0.15, -0.1) is 0 Å². The van der Waals surface area contributed by atoms with Gasteiger partial charge >= 0.3 is 12.0 Å². The van der Waals surface area contributed by atoms with Gasteiger partial charge in [-0.3, -0.25) is 9.59 Å². The Morgan fingerprint density at radius 1 is 1.14 bits per heavy atom. The minimum absolute atomic E-state index is 0.0431. The first kappa shape index (κ1) is 22.3. The van der Waals surface area contributed by atoms with Crippen LogP contribution in [0.4, 0.5) is 4.79 Å². The van der Waals surface area contributed by atoms with E-state index in [1.54, 1.807) is 19.1 Å². The van der Waals surface area contributed by atoms with Gasteiger partial charge in [0.1, 0.15) is 0 Å². The Bertz CT molecular complexity index is 752. The van der Waals surface area contributed by atoms with Gasteiger partial charge in [0, 0.05) is 19.5 Å². The topological polar surface area (TPSA) is 120 Å². The number of nitrogens with one attached hydrogen (secondary N) is 1. The van der Waals surface area contributed by atoms with Crippen molar-refractivity contribution in [1.29, 1.82) is 0 Å². The van der Waals surface area contributed by atoms with Crippen LogP contribution >= 0.6 is 0 Å². The third-order valence-electron chi connectivity index (χ3n) is 5.03. The molecule has 1 aromatic rings. The number of nitrogens with zero attached hydrogens (tertiary/aromatic N) is 1. The first-order valence-electron chi connectivity index (χ1n) is 9.55. The monoisotopic (exact) mass is 407 g/mol. The molecule has 9 nitrogen and oxygen atoms in total. The molecular weight excluding hydrogens is 378 g/mol. The number of amides is 3. The minimum Gasteiger partial charge on any atom is -0.493 e. The molecule has 0 fully saturated rings. The number of urea groups is 1. The van der Waals surface area contributed by atoms with Crippen molar-refractivity contribution in [3.63, 3.8) is 0 Å². The Labute approximate surface area is 170 Å². The number of hydrogen-bond donors (Lipinski definition) is 2. The quantitative estimate of drug-likeness (QED) is 0.473. The summed E-state index contributed by atoms with van der Waals surface area (Å²) in [5.74, 6) is 0.734. The molecule has 0 saturated carbocycles. The molecule has 0 spiro atoms. The lowest BCUT2D eigenvalue weighted by atomic mass is 9.89. The Balaban J connectivity index is 2.19. The van der Waals surface area contributed by atoms with Crippen molar-refractivity contribution >= 4 is 17.9 Å². The van der Waals surface area contributed by atoms with E-state index in [-0.39, 0.29) is 18.3 Å². The zero-order valence-corrected chi connectivity index (χ0v) is 17.2. The van der Waals surface area contributed by atoms with Crippen molar-refractivity contribution in [2.75, 3.05) is 34.4 Å². The van der Waals surface area contributed by atoms with E-state index in [0.29, 0.717) is 50.3 Å². The van der Waals surface area contributed by atoms with Gasteiger partial charge in [0.2, 0.25) is 5.91 Å². The molecule has 2 rings (SSSR count). The number of methoxy groups -OCH3 is 3. The molecule has 3 amide bonds. The molecule has 160 valence electrons. The maximum atomic E-state index is 12.9. The van der Waals surface area contributed by atoms with Crippen LogP contribution in [-0.4, -0.2) is 57.2 Å². The van der Waals surface area contributed by atoms with Gasteiger partial charge in [-0.2, -0.15) is 0 Å². The predicted octanol–water partition coefficient (Wildman–Crippen LogP) is 1.53. The Hall–Kier alpha value is -2.97. The number of nitrogens with two attached hydrogens (primary N) is 1. The summed E-state index contributed by atoms with van der Waals surface area (Å²) in [6.07, 6.45) is 2.29. The van der Waals surface area contributed by atoms with Crippen molar-refractivity contribution in [3.8, 4) is 11.5 Å². The summed E-state index contributed by atoms with van der Waals surface area (Å²) in [6.45, 7) is 0.927. The van der Waals surface area contributed by atoms with Gasteiger partial charge in [-0.05, 0) is 42.5 Å². The molecule has 0 radical (unpaired) electrons. The van der Waals surface area contributed by atoms with Gasteiger partial charge in [-0.25, -0.2) is 4.79 Å². The molecule has 9 heteroatoms. The summed E-state index contributed by atoms with van der Waals surface area (Å²) >= 11 is 0. The molecule has 0 saturated heterocycles. The number of fused-ring (bicyclic) bond motifs is 1. The Morgan fingerprint density at radius 2 is 1.83 bits per heavy atom. The molecule has 1 unspecified atom stereocenters. The third kappa shape index (κ3) is 5.75. The molecular formula is C20H29N3O6. The van der Waals surface area contributed by atoms with Crippen LogP contribution in [-0.2, 0) is 20.7 Å². The summed E-state index contributed by atoms with van der Waals surface area (Å²) in [5, 5.41) is 2.50. The summed E-state index contributed by atoms with van der Waals surface area (Å²) in [5.41, 5.74) is 6.91. The van der Waals surface area contributed by atoms with Crippen LogP contribution < -0.4 is 20.5 Å². The number of ether oxygens (including phenoxy) is 3. The third-order valence-corrected chi connectivity index (χ3v) is 5.03. The number of rotatable bonds is 9. The van der Waals surface area contributed by atoms with E-state index in [4.69, 9.17) is 19.9 Å². The van der Waals surface area contributed by atoms with E-state index in [1.165, 1.54) is 7.11 Å². The van der Waals surface area contributed by atoms with E-state index in [2.05, 4.69) is 5.32 Å². The van der Waals surface area contributed by atoms with Gasteiger partial charge in [0.15, 0.2) is 11.5 Å². The standard InChI is InChI=1S/C20H29N3O6/c1-27-16-10-13-7-9-23(18(24)6-4-5-8-22-20(21)26)15(12-19(25)29-3)14(13)11-17(16)28-2/h10-11,15H,4-9,12H2,1-3H3,(H3,21,22,26). The molecule has 1 atom stereocenters. The highest BCUT2D eigenvalue weighted by atomic mass is 16.5. The van der Waals surface area contributed by atoms with Crippen LogP contribution in [0.1, 0.15) is 42.9 Å². The zero-order valence-electron chi connectivity index (χ0n) is 17.2. The van der Waals surface area contributed by atoms with Crippen LogP contribution in [0.25, 0.3) is 0 Å². The molecule has 1 heterocycles. The number of hydrogen-bond acceptors (Lipinski definition) is 6. The zero-order chi connectivity index (χ0) is 21.4. The average molecular weight is 407 g/mol. The molecule has 0 bridgehead atoms.